The number of thioether (sulfide) groups is 1. The highest BCUT2D eigenvalue weighted by molar-refractivity contribution is 7.99. The van der Waals surface area contributed by atoms with Gasteiger partial charge in [0.1, 0.15) is 0 Å². The molecule has 1 aromatic carbocycles. The number of imide groups is 1. The predicted octanol–water partition coefficient (Wildman–Crippen LogP) is 2.87. The number of carbonyl (C=O) groups is 2. The standard InChI is InChI=1S/C10H8ClNO2S/c11-10(14)12-7-3-1-2-4-8(7)15-6-5-9(12)13/h1-4H,5-6H2. The summed E-state index contributed by atoms with van der Waals surface area (Å²) in [5.74, 6) is 0.434. The fourth-order valence-corrected chi connectivity index (χ4v) is 2.62. The zero-order chi connectivity index (χ0) is 10.8. The minimum Gasteiger partial charge on any atom is -0.274 e. The maximum absolute atomic E-state index is 11.6. The van der Waals surface area contributed by atoms with Gasteiger partial charge in [-0.15, -0.1) is 11.8 Å². The number of benzene rings is 1. The molecule has 1 aliphatic rings. The molecule has 0 saturated heterocycles. The molecule has 78 valence electrons. The van der Waals surface area contributed by atoms with Crippen molar-refractivity contribution < 1.29 is 9.59 Å². The van der Waals surface area contributed by atoms with Crippen LogP contribution in [0.2, 0.25) is 0 Å². The van der Waals surface area contributed by atoms with Gasteiger partial charge >= 0.3 is 5.37 Å². The van der Waals surface area contributed by atoms with Crippen molar-refractivity contribution in [2.45, 2.75) is 11.3 Å². The molecule has 2 amide bonds. The van der Waals surface area contributed by atoms with Crippen LogP contribution in [-0.4, -0.2) is 17.0 Å². The molecule has 0 aromatic heterocycles. The van der Waals surface area contributed by atoms with E-state index in [2.05, 4.69) is 0 Å². The Hall–Kier alpha value is -1.00. The van der Waals surface area contributed by atoms with Crippen LogP contribution in [0.5, 0.6) is 0 Å². The second kappa shape index (κ2) is 4.24. The Balaban J connectivity index is 2.52. The van der Waals surface area contributed by atoms with Gasteiger partial charge in [-0.3, -0.25) is 9.59 Å². The summed E-state index contributed by atoms with van der Waals surface area (Å²) >= 11 is 6.97. The molecule has 0 fully saturated rings. The van der Waals surface area contributed by atoms with Crippen LogP contribution < -0.4 is 4.90 Å². The van der Waals surface area contributed by atoms with E-state index in [0.717, 1.165) is 9.80 Å². The van der Waals surface area contributed by atoms with E-state index >= 15 is 0 Å². The third-order valence-electron chi connectivity index (χ3n) is 2.10. The van der Waals surface area contributed by atoms with Crippen LogP contribution in [0.4, 0.5) is 10.5 Å². The van der Waals surface area contributed by atoms with E-state index < -0.39 is 5.37 Å². The van der Waals surface area contributed by atoms with Gasteiger partial charge in [0, 0.05) is 17.1 Å². The normalized spacial score (nSPS) is 15.8. The van der Waals surface area contributed by atoms with Crippen molar-refractivity contribution in [1.29, 1.82) is 0 Å². The lowest BCUT2D eigenvalue weighted by molar-refractivity contribution is -0.117. The zero-order valence-electron chi connectivity index (χ0n) is 7.77. The summed E-state index contributed by atoms with van der Waals surface area (Å²) in [4.78, 5) is 24.8. The second-order valence-electron chi connectivity index (χ2n) is 3.05. The van der Waals surface area contributed by atoms with E-state index in [1.54, 1.807) is 23.9 Å². The predicted molar refractivity (Wildman–Crippen MR) is 60.5 cm³/mol. The highest BCUT2D eigenvalue weighted by Gasteiger charge is 2.26. The van der Waals surface area contributed by atoms with Crippen molar-refractivity contribution in [3.63, 3.8) is 0 Å². The van der Waals surface area contributed by atoms with Crippen molar-refractivity contribution in [3.05, 3.63) is 24.3 Å². The highest BCUT2D eigenvalue weighted by Crippen LogP contribution is 2.34. The lowest BCUT2D eigenvalue weighted by Gasteiger charge is -2.16. The molecule has 0 aliphatic carbocycles. The summed E-state index contributed by atoms with van der Waals surface area (Å²) in [5.41, 5.74) is 0.588. The van der Waals surface area contributed by atoms with E-state index in [1.807, 2.05) is 12.1 Å². The Morgan fingerprint density at radius 3 is 2.87 bits per heavy atom. The minimum atomic E-state index is -0.741. The van der Waals surface area contributed by atoms with E-state index in [9.17, 15) is 9.59 Å². The first-order valence-corrected chi connectivity index (χ1v) is 5.81. The van der Waals surface area contributed by atoms with Gasteiger partial charge in [-0.05, 0) is 23.7 Å². The first-order chi connectivity index (χ1) is 7.20. The van der Waals surface area contributed by atoms with Crippen LogP contribution in [-0.2, 0) is 4.79 Å². The fourth-order valence-electron chi connectivity index (χ4n) is 1.45. The van der Waals surface area contributed by atoms with E-state index in [-0.39, 0.29) is 5.91 Å². The number of halogens is 1. The molecule has 5 heteroatoms. The number of carbonyl (C=O) groups excluding carboxylic acids is 2. The SMILES string of the molecule is O=C(Cl)N1C(=O)CCSc2ccccc21. The number of anilines is 1. The molecule has 2 rings (SSSR count). The van der Waals surface area contributed by atoms with Gasteiger partial charge in [-0.25, -0.2) is 4.90 Å². The fraction of sp³-hybridized carbons (Fsp3) is 0.200. The van der Waals surface area contributed by atoms with Crippen molar-refractivity contribution in [3.8, 4) is 0 Å². The molecule has 0 N–H and O–H groups in total. The van der Waals surface area contributed by atoms with Crippen LogP contribution in [0.15, 0.2) is 29.2 Å². The molecule has 0 radical (unpaired) electrons. The monoisotopic (exact) mass is 241 g/mol. The maximum atomic E-state index is 11.6. The summed E-state index contributed by atoms with van der Waals surface area (Å²) in [7, 11) is 0. The molecule has 0 bridgehead atoms. The Morgan fingerprint density at radius 1 is 1.40 bits per heavy atom. The lowest BCUT2D eigenvalue weighted by atomic mass is 10.3. The van der Waals surface area contributed by atoms with Crippen molar-refractivity contribution >= 4 is 40.3 Å². The highest BCUT2D eigenvalue weighted by atomic mass is 35.5. The number of rotatable bonds is 0. The van der Waals surface area contributed by atoms with Gasteiger partial charge in [0.05, 0.1) is 5.69 Å². The summed E-state index contributed by atoms with van der Waals surface area (Å²) in [6, 6.07) is 7.26. The quantitative estimate of drug-likeness (QED) is 0.518. The Morgan fingerprint density at radius 2 is 2.13 bits per heavy atom. The van der Waals surface area contributed by atoms with E-state index in [0.29, 0.717) is 17.9 Å². The van der Waals surface area contributed by atoms with Gasteiger partial charge in [0.2, 0.25) is 5.91 Å². The van der Waals surface area contributed by atoms with E-state index in [1.165, 1.54) is 0 Å². The number of amides is 2. The van der Waals surface area contributed by atoms with Crippen molar-refractivity contribution in [1.82, 2.24) is 0 Å². The summed E-state index contributed by atoms with van der Waals surface area (Å²) in [6.45, 7) is 0. The zero-order valence-corrected chi connectivity index (χ0v) is 9.35. The van der Waals surface area contributed by atoms with Gasteiger partial charge in [-0.2, -0.15) is 0 Å². The molecule has 3 nitrogen and oxygen atoms in total. The molecule has 1 aromatic rings. The Kier molecular flexibility index (Phi) is 2.98. The molecule has 15 heavy (non-hydrogen) atoms. The van der Waals surface area contributed by atoms with Crippen LogP contribution >= 0.6 is 23.4 Å². The third kappa shape index (κ3) is 2.01. The molecule has 0 atom stereocenters. The summed E-state index contributed by atoms with van der Waals surface area (Å²) in [6.07, 6.45) is 0.331. The average molecular weight is 242 g/mol. The van der Waals surface area contributed by atoms with Crippen LogP contribution in [0.25, 0.3) is 0 Å². The minimum absolute atomic E-state index is 0.243. The molecule has 0 saturated carbocycles. The number of nitrogens with zero attached hydrogens (tertiary/aromatic N) is 1. The lowest BCUT2D eigenvalue weighted by Crippen LogP contribution is -2.32. The number of para-hydroxylation sites is 1. The molecular formula is C10H8ClNO2S. The second-order valence-corrected chi connectivity index (χ2v) is 4.51. The van der Waals surface area contributed by atoms with Gasteiger partial charge < -0.3 is 0 Å². The number of fused-ring (bicyclic) bond motifs is 1. The van der Waals surface area contributed by atoms with E-state index in [4.69, 9.17) is 11.6 Å². The Bertz CT molecular complexity index is 422. The van der Waals surface area contributed by atoms with Crippen molar-refractivity contribution in [2.24, 2.45) is 0 Å². The number of hydrogen-bond acceptors (Lipinski definition) is 3. The van der Waals surface area contributed by atoms with Gasteiger partial charge in [0.25, 0.3) is 0 Å². The summed E-state index contributed by atoms with van der Waals surface area (Å²) < 4.78 is 0. The van der Waals surface area contributed by atoms with Crippen LogP contribution in [0.1, 0.15) is 6.42 Å². The van der Waals surface area contributed by atoms with Crippen LogP contribution in [0.3, 0.4) is 0 Å². The topological polar surface area (TPSA) is 37.4 Å². The summed E-state index contributed by atoms with van der Waals surface area (Å²) in [5, 5.41) is -0.741. The van der Waals surface area contributed by atoms with Crippen LogP contribution in [0, 0.1) is 0 Å². The smallest absolute Gasteiger partial charge is 0.274 e. The first-order valence-electron chi connectivity index (χ1n) is 4.44. The van der Waals surface area contributed by atoms with Crippen molar-refractivity contribution in [2.75, 3.05) is 10.7 Å². The number of hydrogen-bond donors (Lipinski definition) is 0. The molecule has 1 heterocycles. The maximum Gasteiger partial charge on any atom is 0.327 e. The molecule has 0 spiro atoms. The third-order valence-corrected chi connectivity index (χ3v) is 3.34. The Labute approximate surface area is 96.4 Å². The molecule has 0 unspecified atom stereocenters. The average Bonchev–Trinajstić information content (AvgIpc) is 2.35. The van der Waals surface area contributed by atoms with Gasteiger partial charge in [-0.1, -0.05) is 12.1 Å². The molecule has 1 aliphatic heterocycles. The van der Waals surface area contributed by atoms with Gasteiger partial charge in [0.15, 0.2) is 0 Å². The largest absolute Gasteiger partial charge is 0.327 e. The first kappa shape index (κ1) is 10.5. The molecular weight excluding hydrogens is 234 g/mol.